The highest BCUT2D eigenvalue weighted by Crippen LogP contribution is 2.35. The van der Waals surface area contributed by atoms with Gasteiger partial charge in [-0.3, -0.25) is 0 Å². The van der Waals surface area contributed by atoms with Gasteiger partial charge in [0, 0.05) is 5.56 Å². The molecule has 0 radical (unpaired) electrons. The zero-order chi connectivity index (χ0) is 19.2. The molecule has 0 aliphatic carbocycles. The Kier molecular flexibility index (Phi) is 6.13. The van der Waals surface area contributed by atoms with Gasteiger partial charge in [-0.15, -0.1) is 0 Å². The fraction of sp³-hybridized carbons (Fsp3) is 0.231. The van der Waals surface area contributed by atoms with E-state index in [1.165, 1.54) is 27.8 Å². The van der Waals surface area contributed by atoms with Crippen LogP contribution in [0.25, 0.3) is 22.3 Å². The van der Waals surface area contributed by atoms with E-state index in [-0.39, 0.29) is 0 Å². The third-order valence-electron chi connectivity index (χ3n) is 4.82. The van der Waals surface area contributed by atoms with Gasteiger partial charge in [0.2, 0.25) is 0 Å². The van der Waals surface area contributed by atoms with Crippen molar-refractivity contribution in [3.8, 4) is 28.0 Å². The predicted molar refractivity (Wildman–Crippen MR) is 116 cm³/mol. The number of hydrogen-bond acceptors (Lipinski definition) is 1. The summed E-state index contributed by atoms with van der Waals surface area (Å²) < 4.78 is 6.12. The Hall–Kier alpha value is -2.80. The van der Waals surface area contributed by atoms with E-state index in [9.17, 15) is 0 Å². The van der Waals surface area contributed by atoms with Crippen molar-refractivity contribution in [1.82, 2.24) is 0 Å². The summed E-state index contributed by atoms with van der Waals surface area (Å²) in [4.78, 5) is 0. The second kappa shape index (κ2) is 8.73. The van der Waals surface area contributed by atoms with Gasteiger partial charge in [0.15, 0.2) is 0 Å². The minimum Gasteiger partial charge on any atom is -0.489 e. The van der Waals surface area contributed by atoms with Crippen LogP contribution in [0.4, 0.5) is 0 Å². The van der Waals surface area contributed by atoms with Crippen LogP contribution in [0.2, 0.25) is 0 Å². The maximum atomic E-state index is 6.12. The highest BCUT2D eigenvalue weighted by molar-refractivity contribution is 5.76. The smallest absolute Gasteiger partial charge is 0.128 e. The SMILES string of the molecule is C=C(C)COc1cc(-c2ccc(CC)cc2)ccc1-c1ccc(CC)cc1. The molecule has 0 unspecified atom stereocenters. The van der Waals surface area contributed by atoms with Crippen LogP contribution < -0.4 is 4.74 Å². The lowest BCUT2D eigenvalue weighted by molar-refractivity contribution is 0.354. The Bertz CT molecular complexity index is 902. The number of hydrogen-bond donors (Lipinski definition) is 0. The predicted octanol–water partition coefficient (Wildman–Crippen LogP) is 7.10. The molecule has 1 heteroatoms. The zero-order valence-electron chi connectivity index (χ0n) is 16.6. The van der Waals surface area contributed by atoms with E-state index in [4.69, 9.17) is 4.74 Å². The van der Waals surface area contributed by atoms with Gasteiger partial charge >= 0.3 is 0 Å². The van der Waals surface area contributed by atoms with Crippen molar-refractivity contribution in [1.29, 1.82) is 0 Å². The molecule has 0 aliphatic heterocycles. The minimum absolute atomic E-state index is 0.526. The standard InChI is InChI=1S/C26H28O/c1-5-20-7-11-22(12-8-20)24-15-16-25(26(17-24)27-18-19(3)4)23-13-9-21(6-2)10-14-23/h7-17H,3,5-6,18H2,1-2,4H3. The number of aryl methyl sites for hydroxylation is 2. The summed E-state index contributed by atoms with van der Waals surface area (Å²) >= 11 is 0. The quantitative estimate of drug-likeness (QED) is 0.410. The first-order chi connectivity index (χ1) is 13.1. The lowest BCUT2D eigenvalue weighted by Crippen LogP contribution is -1.99. The van der Waals surface area contributed by atoms with Crippen LogP contribution >= 0.6 is 0 Å². The van der Waals surface area contributed by atoms with Crippen molar-refractivity contribution in [2.45, 2.75) is 33.6 Å². The van der Waals surface area contributed by atoms with E-state index in [1.54, 1.807) is 0 Å². The molecule has 0 saturated heterocycles. The van der Waals surface area contributed by atoms with Gasteiger partial charge in [-0.2, -0.15) is 0 Å². The van der Waals surface area contributed by atoms with E-state index in [0.29, 0.717) is 6.61 Å². The Morgan fingerprint density at radius 1 is 0.741 bits per heavy atom. The minimum atomic E-state index is 0.526. The fourth-order valence-electron chi connectivity index (χ4n) is 3.11. The molecule has 0 fully saturated rings. The molecule has 0 aromatic heterocycles. The monoisotopic (exact) mass is 356 g/mol. The molecule has 1 nitrogen and oxygen atoms in total. The van der Waals surface area contributed by atoms with Crippen LogP contribution in [0, 0.1) is 0 Å². The van der Waals surface area contributed by atoms with Crippen molar-refractivity contribution >= 4 is 0 Å². The summed E-state index contributed by atoms with van der Waals surface area (Å²) in [6.07, 6.45) is 2.10. The van der Waals surface area contributed by atoms with E-state index in [2.05, 4.69) is 87.2 Å². The Labute approximate surface area is 163 Å². The molecule has 0 bridgehead atoms. The number of benzene rings is 3. The molecule has 0 amide bonds. The lowest BCUT2D eigenvalue weighted by atomic mass is 9.97. The van der Waals surface area contributed by atoms with E-state index in [0.717, 1.165) is 29.7 Å². The van der Waals surface area contributed by atoms with Gasteiger partial charge < -0.3 is 4.74 Å². The van der Waals surface area contributed by atoms with Crippen molar-refractivity contribution in [2.75, 3.05) is 6.61 Å². The molecule has 0 aliphatic rings. The molecule has 138 valence electrons. The average Bonchev–Trinajstić information content (AvgIpc) is 2.72. The summed E-state index contributed by atoms with van der Waals surface area (Å²) in [7, 11) is 0. The van der Waals surface area contributed by atoms with Gasteiger partial charge in [-0.1, -0.05) is 81.1 Å². The lowest BCUT2D eigenvalue weighted by Gasteiger charge is -2.14. The molecule has 0 saturated carbocycles. The molecule has 0 heterocycles. The van der Waals surface area contributed by atoms with Gasteiger partial charge in [0.1, 0.15) is 12.4 Å². The van der Waals surface area contributed by atoms with Crippen LogP contribution in [0.1, 0.15) is 31.9 Å². The third kappa shape index (κ3) is 4.68. The third-order valence-corrected chi connectivity index (χ3v) is 4.82. The van der Waals surface area contributed by atoms with Crippen LogP contribution in [0.15, 0.2) is 78.9 Å². The summed E-state index contributed by atoms with van der Waals surface area (Å²) in [6.45, 7) is 10.8. The second-order valence-corrected chi connectivity index (χ2v) is 7.06. The number of rotatable bonds is 7. The van der Waals surface area contributed by atoms with E-state index in [1.807, 2.05) is 6.92 Å². The molecule has 3 rings (SSSR count). The van der Waals surface area contributed by atoms with Gasteiger partial charge in [0.25, 0.3) is 0 Å². The highest BCUT2D eigenvalue weighted by Gasteiger charge is 2.10. The fourth-order valence-corrected chi connectivity index (χ4v) is 3.11. The Morgan fingerprint density at radius 2 is 1.26 bits per heavy atom. The largest absolute Gasteiger partial charge is 0.489 e. The van der Waals surface area contributed by atoms with Crippen molar-refractivity contribution < 1.29 is 4.74 Å². The molecular weight excluding hydrogens is 328 g/mol. The first-order valence-corrected chi connectivity index (χ1v) is 9.70. The highest BCUT2D eigenvalue weighted by atomic mass is 16.5. The molecule has 27 heavy (non-hydrogen) atoms. The van der Waals surface area contributed by atoms with Crippen molar-refractivity contribution in [2.24, 2.45) is 0 Å². The normalized spacial score (nSPS) is 10.6. The molecule has 3 aromatic carbocycles. The van der Waals surface area contributed by atoms with Gasteiger partial charge in [-0.25, -0.2) is 0 Å². The number of ether oxygens (including phenoxy) is 1. The molecule has 0 atom stereocenters. The summed E-state index contributed by atoms with van der Waals surface area (Å²) in [5, 5.41) is 0. The van der Waals surface area contributed by atoms with E-state index >= 15 is 0 Å². The van der Waals surface area contributed by atoms with E-state index < -0.39 is 0 Å². The van der Waals surface area contributed by atoms with Crippen LogP contribution in [-0.2, 0) is 12.8 Å². The maximum Gasteiger partial charge on any atom is 0.128 e. The second-order valence-electron chi connectivity index (χ2n) is 7.06. The Balaban J connectivity index is 2.00. The Morgan fingerprint density at radius 3 is 1.78 bits per heavy atom. The summed E-state index contributed by atoms with van der Waals surface area (Å²) in [5.41, 5.74) is 8.38. The molecular formula is C26H28O. The van der Waals surface area contributed by atoms with Crippen molar-refractivity contribution in [3.63, 3.8) is 0 Å². The first-order valence-electron chi connectivity index (χ1n) is 9.70. The zero-order valence-corrected chi connectivity index (χ0v) is 16.6. The van der Waals surface area contributed by atoms with Crippen LogP contribution in [0.5, 0.6) is 5.75 Å². The summed E-state index contributed by atoms with van der Waals surface area (Å²) in [6, 6.07) is 24.0. The summed E-state index contributed by atoms with van der Waals surface area (Å²) in [5.74, 6) is 0.902. The van der Waals surface area contributed by atoms with Crippen molar-refractivity contribution in [3.05, 3.63) is 90.0 Å². The molecule has 0 N–H and O–H groups in total. The topological polar surface area (TPSA) is 9.23 Å². The van der Waals surface area contributed by atoms with Crippen LogP contribution in [-0.4, -0.2) is 6.61 Å². The molecule has 0 spiro atoms. The molecule has 3 aromatic rings. The van der Waals surface area contributed by atoms with Gasteiger partial charge in [0.05, 0.1) is 0 Å². The van der Waals surface area contributed by atoms with Gasteiger partial charge in [-0.05, 0) is 59.2 Å². The first kappa shape index (κ1) is 19.0. The van der Waals surface area contributed by atoms with Crippen LogP contribution in [0.3, 0.4) is 0 Å². The maximum absolute atomic E-state index is 6.12. The average molecular weight is 357 g/mol.